The fourth-order valence-corrected chi connectivity index (χ4v) is 1.57. The van der Waals surface area contributed by atoms with Gasteiger partial charge in [-0.05, 0) is 19.9 Å². The molecule has 8 heteroatoms. The van der Waals surface area contributed by atoms with Crippen LogP contribution in [-0.2, 0) is 9.53 Å². The predicted octanol–water partition coefficient (Wildman–Crippen LogP) is 1.41. The summed E-state index contributed by atoms with van der Waals surface area (Å²) in [6.45, 7) is 3.50. The molecule has 0 atom stereocenters. The lowest BCUT2D eigenvalue weighted by atomic mass is 10.2. The van der Waals surface area contributed by atoms with E-state index in [2.05, 4.69) is 15.0 Å². The van der Waals surface area contributed by atoms with Gasteiger partial charge in [0.05, 0.1) is 12.2 Å². The number of aliphatic hydroxyl groups is 1. The Labute approximate surface area is 136 Å². The molecule has 8 nitrogen and oxygen atoms in total. The highest BCUT2D eigenvalue weighted by atomic mass is 16.5. The van der Waals surface area contributed by atoms with E-state index in [0.717, 1.165) is 0 Å². The Kier molecular flexibility index (Phi) is 6.49. The van der Waals surface area contributed by atoms with Gasteiger partial charge in [0.2, 0.25) is 11.9 Å². The monoisotopic (exact) mass is 321 g/mol. The van der Waals surface area contributed by atoms with Crippen LogP contribution in [0.15, 0.2) is 17.9 Å². The van der Waals surface area contributed by atoms with E-state index in [0.29, 0.717) is 17.5 Å². The Morgan fingerprint density at radius 3 is 2.00 bits per heavy atom. The second-order valence-corrected chi connectivity index (χ2v) is 5.13. The second kappa shape index (κ2) is 8.11. The molecule has 0 saturated carbocycles. The minimum absolute atomic E-state index is 0.00818. The van der Waals surface area contributed by atoms with Gasteiger partial charge in [0.1, 0.15) is 5.76 Å². The molecule has 1 aromatic heterocycles. The van der Waals surface area contributed by atoms with Crippen LogP contribution in [0.2, 0.25) is 0 Å². The van der Waals surface area contributed by atoms with Crippen molar-refractivity contribution in [2.75, 3.05) is 44.6 Å². The molecule has 0 saturated heterocycles. The maximum Gasteiger partial charge on any atom is 0.330 e. The van der Waals surface area contributed by atoms with Crippen molar-refractivity contribution in [1.29, 1.82) is 0 Å². The van der Waals surface area contributed by atoms with E-state index in [1.807, 2.05) is 28.2 Å². The lowest BCUT2D eigenvalue weighted by molar-refractivity contribution is -0.137. The van der Waals surface area contributed by atoms with Crippen molar-refractivity contribution in [2.45, 2.75) is 13.8 Å². The molecule has 1 heterocycles. The molecule has 0 bridgehead atoms. The standard InChI is InChI=1S/C15H23N5O3/c1-7-23-12(22)9-8-11(10(2)21)13-16-14(19(3)4)18-15(17-13)20(5)6/h8-9,21H,7H2,1-6H3/b9-8+,11-10+. The molecule has 0 radical (unpaired) electrons. The van der Waals surface area contributed by atoms with E-state index >= 15 is 0 Å². The Bertz CT molecular complexity index is 593. The molecular formula is C15H23N5O3. The molecule has 126 valence electrons. The van der Waals surface area contributed by atoms with E-state index in [-0.39, 0.29) is 18.2 Å². The van der Waals surface area contributed by atoms with Gasteiger partial charge in [-0.25, -0.2) is 4.79 Å². The number of aromatic nitrogens is 3. The van der Waals surface area contributed by atoms with Crippen molar-refractivity contribution in [1.82, 2.24) is 15.0 Å². The summed E-state index contributed by atoms with van der Waals surface area (Å²) >= 11 is 0. The number of carbonyl (C=O) groups excluding carboxylic acids is 1. The molecule has 0 aliphatic carbocycles. The summed E-state index contributed by atoms with van der Waals surface area (Å²) in [5.41, 5.74) is 0.326. The molecule has 0 aromatic carbocycles. The van der Waals surface area contributed by atoms with E-state index in [9.17, 15) is 9.90 Å². The topological polar surface area (TPSA) is 91.7 Å². The van der Waals surface area contributed by atoms with Crippen LogP contribution in [0.1, 0.15) is 19.7 Å². The first-order valence-corrected chi connectivity index (χ1v) is 7.12. The average molecular weight is 321 g/mol. The summed E-state index contributed by atoms with van der Waals surface area (Å²) in [5.74, 6) is 0.657. The third kappa shape index (κ3) is 5.24. The Hall–Kier alpha value is -2.64. The van der Waals surface area contributed by atoms with Gasteiger partial charge >= 0.3 is 5.97 Å². The number of anilines is 2. The SMILES string of the molecule is CCOC(=O)/C=C/C(=C(/C)O)c1nc(N(C)C)nc(N(C)C)n1. The molecule has 0 amide bonds. The normalized spacial score (nSPS) is 12.1. The molecule has 0 unspecified atom stereocenters. The van der Waals surface area contributed by atoms with Gasteiger partial charge in [-0.3, -0.25) is 0 Å². The fourth-order valence-electron chi connectivity index (χ4n) is 1.57. The first-order chi connectivity index (χ1) is 10.8. The Balaban J connectivity index is 3.33. The van der Waals surface area contributed by atoms with Crippen molar-refractivity contribution in [2.24, 2.45) is 0 Å². The highest BCUT2D eigenvalue weighted by molar-refractivity contribution is 5.86. The van der Waals surface area contributed by atoms with Crippen LogP contribution in [0.25, 0.3) is 5.57 Å². The number of rotatable bonds is 6. The van der Waals surface area contributed by atoms with Crippen LogP contribution in [-0.4, -0.2) is 60.8 Å². The number of allylic oxidation sites excluding steroid dienone is 3. The van der Waals surface area contributed by atoms with Gasteiger partial charge in [0, 0.05) is 34.3 Å². The van der Waals surface area contributed by atoms with E-state index in [1.165, 1.54) is 19.1 Å². The van der Waals surface area contributed by atoms with Crippen LogP contribution >= 0.6 is 0 Å². The van der Waals surface area contributed by atoms with Gasteiger partial charge in [-0.1, -0.05) is 0 Å². The van der Waals surface area contributed by atoms with Gasteiger partial charge < -0.3 is 19.6 Å². The number of carbonyl (C=O) groups is 1. The average Bonchev–Trinajstić information content (AvgIpc) is 2.46. The lowest BCUT2D eigenvalue weighted by Gasteiger charge is -2.16. The zero-order chi connectivity index (χ0) is 17.6. The number of ether oxygens (including phenoxy) is 1. The predicted molar refractivity (Wildman–Crippen MR) is 89.5 cm³/mol. The first-order valence-electron chi connectivity index (χ1n) is 7.12. The highest BCUT2D eigenvalue weighted by Crippen LogP contribution is 2.20. The third-order valence-electron chi connectivity index (χ3n) is 2.72. The summed E-state index contributed by atoms with van der Waals surface area (Å²) in [6.07, 6.45) is 2.66. The van der Waals surface area contributed by atoms with Crippen LogP contribution in [0.3, 0.4) is 0 Å². The maximum atomic E-state index is 11.5. The molecule has 1 N–H and O–H groups in total. The molecule has 0 fully saturated rings. The van der Waals surface area contributed by atoms with Gasteiger partial charge in [0.15, 0.2) is 5.82 Å². The van der Waals surface area contributed by atoms with Gasteiger partial charge in [-0.15, -0.1) is 0 Å². The van der Waals surface area contributed by atoms with Gasteiger partial charge in [-0.2, -0.15) is 15.0 Å². The summed E-state index contributed by atoms with van der Waals surface area (Å²) < 4.78 is 4.83. The van der Waals surface area contributed by atoms with E-state index in [4.69, 9.17) is 4.74 Å². The summed E-state index contributed by atoms with van der Waals surface area (Å²) in [4.78, 5) is 27.9. The largest absolute Gasteiger partial charge is 0.512 e. The number of hydrogen-bond donors (Lipinski definition) is 1. The summed E-state index contributed by atoms with van der Waals surface area (Å²) in [5, 5.41) is 9.92. The molecule has 0 aliphatic rings. The molecule has 23 heavy (non-hydrogen) atoms. The van der Waals surface area contributed by atoms with E-state index in [1.54, 1.807) is 16.7 Å². The van der Waals surface area contributed by atoms with Crippen molar-refractivity contribution < 1.29 is 14.6 Å². The Morgan fingerprint density at radius 2 is 1.61 bits per heavy atom. The highest BCUT2D eigenvalue weighted by Gasteiger charge is 2.14. The molecular weight excluding hydrogens is 298 g/mol. The molecule has 1 aromatic rings. The van der Waals surface area contributed by atoms with Crippen LogP contribution in [0, 0.1) is 0 Å². The first kappa shape index (κ1) is 18.4. The van der Waals surface area contributed by atoms with Crippen molar-refractivity contribution in [3.8, 4) is 0 Å². The number of nitrogens with zero attached hydrogens (tertiary/aromatic N) is 5. The molecule has 1 rings (SSSR count). The lowest BCUT2D eigenvalue weighted by Crippen LogP contribution is -2.20. The number of hydrogen-bond acceptors (Lipinski definition) is 8. The molecule has 0 aliphatic heterocycles. The fraction of sp³-hybridized carbons (Fsp3) is 0.467. The molecule has 0 spiro atoms. The van der Waals surface area contributed by atoms with Gasteiger partial charge in [0.25, 0.3) is 0 Å². The van der Waals surface area contributed by atoms with Crippen molar-refractivity contribution >= 4 is 23.4 Å². The minimum atomic E-state index is -0.499. The Morgan fingerprint density at radius 1 is 1.09 bits per heavy atom. The number of esters is 1. The third-order valence-corrected chi connectivity index (χ3v) is 2.72. The minimum Gasteiger partial charge on any atom is -0.512 e. The second-order valence-electron chi connectivity index (χ2n) is 5.13. The van der Waals surface area contributed by atoms with Crippen LogP contribution in [0.5, 0.6) is 0 Å². The zero-order valence-electron chi connectivity index (χ0n) is 14.4. The quantitative estimate of drug-likeness (QED) is 0.364. The van der Waals surface area contributed by atoms with Crippen LogP contribution < -0.4 is 9.80 Å². The number of aliphatic hydroxyl groups excluding tert-OH is 1. The van der Waals surface area contributed by atoms with E-state index < -0.39 is 5.97 Å². The smallest absolute Gasteiger partial charge is 0.330 e. The summed E-state index contributed by atoms with van der Waals surface area (Å²) in [6, 6.07) is 0. The van der Waals surface area contributed by atoms with Crippen molar-refractivity contribution in [3.05, 3.63) is 23.7 Å². The zero-order valence-corrected chi connectivity index (χ0v) is 14.4. The van der Waals surface area contributed by atoms with Crippen molar-refractivity contribution in [3.63, 3.8) is 0 Å². The maximum absolute atomic E-state index is 11.5. The summed E-state index contributed by atoms with van der Waals surface area (Å²) in [7, 11) is 7.23. The van der Waals surface area contributed by atoms with Crippen LogP contribution in [0.4, 0.5) is 11.9 Å².